The van der Waals surface area contributed by atoms with Crippen LogP contribution in [-0.4, -0.2) is 4.57 Å². The van der Waals surface area contributed by atoms with E-state index < -0.39 is 0 Å². The van der Waals surface area contributed by atoms with Gasteiger partial charge >= 0.3 is 0 Å². The quantitative estimate of drug-likeness (QED) is 0.561. The van der Waals surface area contributed by atoms with E-state index in [4.69, 9.17) is 23.2 Å². The summed E-state index contributed by atoms with van der Waals surface area (Å²) in [6.07, 6.45) is 1.93. The molecule has 1 atom stereocenters. The molecule has 2 aromatic rings. The highest BCUT2D eigenvalue weighted by molar-refractivity contribution is 6.33. The van der Waals surface area contributed by atoms with E-state index in [1.54, 1.807) is 0 Å². The molecule has 82 valence electrons. The molecule has 2 nitrogen and oxygen atoms in total. The molecule has 2 heterocycles. The summed E-state index contributed by atoms with van der Waals surface area (Å²) in [6.45, 7) is 0. The van der Waals surface area contributed by atoms with Crippen LogP contribution in [-0.2, 0) is 7.05 Å². The fourth-order valence-electron chi connectivity index (χ4n) is 2.26. The van der Waals surface area contributed by atoms with Crippen molar-refractivity contribution >= 4 is 40.2 Å². The van der Waals surface area contributed by atoms with Crippen molar-refractivity contribution in [1.82, 2.24) is 9.88 Å². The van der Waals surface area contributed by atoms with E-state index in [1.807, 2.05) is 25.3 Å². The molecule has 1 unspecified atom stereocenters. The average Bonchev–Trinajstić information content (AvgIpc) is 2.54. The molecule has 0 amide bonds. The summed E-state index contributed by atoms with van der Waals surface area (Å²) < 4.78 is 2.11. The summed E-state index contributed by atoms with van der Waals surface area (Å²) in [5.74, 6) is 0. The van der Waals surface area contributed by atoms with Gasteiger partial charge in [-0.05, 0) is 12.1 Å². The zero-order chi connectivity index (χ0) is 11.3. The van der Waals surface area contributed by atoms with Gasteiger partial charge in [-0.15, -0.1) is 0 Å². The monoisotopic (exact) mass is 252 g/mol. The number of benzene rings is 1. The number of aryl methyl sites for hydroxylation is 1. The maximum Gasteiger partial charge on any atom is 0.143 e. The number of nitrogens with one attached hydrogen (secondary N) is 1. The van der Waals surface area contributed by atoms with Gasteiger partial charge in [0.25, 0.3) is 0 Å². The molecule has 0 fully saturated rings. The van der Waals surface area contributed by atoms with Crippen LogP contribution in [0.3, 0.4) is 0 Å². The molecule has 0 spiro atoms. The predicted octanol–water partition coefficient (Wildman–Crippen LogP) is 3.56. The minimum atomic E-state index is -0.273. The molecule has 1 aliphatic rings. The zero-order valence-corrected chi connectivity index (χ0v) is 10.2. The average molecular weight is 253 g/mol. The molecule has 0 aliphatic carbocycles. The molecule has 3 rings (SSSR count). The Labute approximate surface area is 103 Å². The number of hydrogen-bond acceptors (Lipinski definition) is 1. The first-order chi connectivity index (χ1) is 7.68. The van der Waals surface area contributed by atoms with Crippen LogP contribution in [0.15, 0.2) is 29.4 Å². The molecular formula is C12H10Cl2N2. The molecule has 0 saturated carbocycles. The second-order valence-electron chi connectivity index (χ2n) is 3.87. The summed E-state index contributed by atoms with van der Waals surface area (Å²) in [5.41, 5.74) is 3.07. The fourth-order valence-corrected chi connectivity index (χ4v) is 2.91. The lowest BCUT2D eigenvalue weighted by Crippen LogP contribution is -2.19. The third-order valence-corrected chi connectivity index (χ3v) is 3.50. The minimum Gasteiger partial charge on any atom is -0.355 e. The van der Waals surface area contributed by atoms with E-state index in [-0.39, 0.29) is 5.50 Å². The number of hydrogen-bond donors (Lipinski definition) is 1. The van der Waals surface area contributed by atoms with Crippen LogP contribution >= 0.6 is 23.2 Å². The molecule has 1 N–H and O–H groups in total. The SMILES string of the molecule is Cn1c2c(c3ccccc31)C=C(Cl)NC2Cl. The molecule has 1 aliphatic heterocycles. The van der Waals surface area contributed by atoms with Gasteiger partial charge in [0, 0.05) is 23.5 Å². The van der Waals surface area contributed by atoms with E-state index in [2.05, 4.69) is 22.0 Å². The number of rotatable bonds is 0. The Balaban J connectivity index is 2.44. The predicted molar refractivity (Wildman–Crippen MR) is 68.5 cm³/mol. The standard InChI is InChI=1S/C12H10Cl2N2/c1-16-9-5-3-2-4-7(9)8-6-10(13)15-12(14)11(8)16/h2-6,12,15H,1H3. The molecular weight excluding hydrogens is 243 g/mol. The summed E-state index contributed by atoms with van der Waals surface area (Å²) in [6, 6.07) is 8.22. The van der Waals surface area contributed by atoms with Crippen LogP contribution < -0.4 is 5.32 Å². The van der Waals surface area contributed by atoms with Crippen molar-refractivity contribution in [3.8, 4) is 0 Å². The van der Waals surface area contributed by atoms with Crippen molar-refractivity contribution in [2.24, 2.45) is 7.05 Å². The fraction of sp³-hybridized carbons (Fsp3) is 0.167. The van der Waals surface area contributed by atoms with Crippen LogP contribution in [0, 0.1) is 0 Å². The molecule has 0 radical (unpaired) electrons. The maximum absolute atomic E-state index is 6.26. The van der Waals surface area contributed by atoms with Gasteiger partial charge in [0.15, 0.2) is 0 Å². The van der Waals surface area contributed by atoms with Crippen molar-refractivity contribution in [3.05, 3.63) is 40.7 Å². The first-order valence-corrected chi connectivity index (χ1v) is 5.85. The lowest BCUT2D eigenvalue weighted by molar-refractivity contribution is 0.730. The molecule has 16 heavy (non-hydrogen) atoms. The van der Waals surface area contributed by atoms with Crippen molar-refractivity contribution in [1.29, 1.82) is 0 Å². The van der Waals surface area contributed by atoms with Gasteiger partial charge in [0.2, 0.25) is 0 Å². The second-order valence-corrected chi connectivity index (χ2v) is 4.72. The van der Waals surface area contributed by atoms with Crippen LogP contribution in [0.25, 0.3) is 17.0 Å². The van der Waals surface area contributed by atoms with E-state index in [1.165, 1.54) is 10.9 Å². The zero-order valence-electron chi connectivity index (χ0n) is 8.67. The maximum atomic E-state index is 6.26. The Morgan fingerprint density at radius 1 is 1.31 bits per heavy atom. The van der Waals surface area contributed by atoms with Gasteiger partial charge in [-0.25, -0.2) is 0 Å². The summed E-state index contributed by atoms with van der Waals surface area (Å²) in [5, 5.41) is 4.78. The third kappa shape index (κ3) is 1.27. The molecule has 4 heteroatoms. The third-order valence-electron chi connectivity index (χ3n) is 2.97. The number of aromatic nitrogens is 1. The lowest BCUT2D eigenvalue weighted by atomic mass is 10.1. The van der Waals surface area contributed by atoms with E-state index >= 15 is 0 Å². The van der Waals surface area contributed by atoms with Gasteiger partial charge in [-0.2, -0.15) is 0 Å². The van der Waals surface area contributed by atoms with Gasteiger partial charge < -0.3 is 9.88 Å². The molecule has 1 aromatic carbocycles. The number of nitrogens with zero attached hydrogens (tertiary/aromatic N) is 1. The summed E-state index contributed by atoms with van der Waals surface area (Å²) in [4.78, 5) is 0. The van der Waals surface area contributed by atoms with Crippen molar-refractivity contribution in [2.75, 3.05) is 0 Å². The Hall–Kier alpha value is -1.12. The highest BCUT2D eigenvalue weighted by Gasteiger charge is 2.23. The topological polar surface area (TPSA) is 17.0 Å². The van der Waals surface area contributed by atoms with Crippen LogP contribution in [0.5, 0.6) is 0 Å². The molecule has 0 saturated heterocycles. The van der Waals surface area contributed by atoms with Gasteiger partial charge in [0.05, 0.1) is 5.69 Å². The molecule has 0 bridgehead atoms. The first-order valence-electron chi connectivity index (χ1n) is 5.03. The second kappa shape index (κ2) is 3.44. The van der Waals surface area contributed by atoms with Crippen molar-refractivity contribution < 1.29 is 0 Å². The highest BCUT2D eigenvalue weighted by Crippen LogP contribution is 2.36. The first kappa shape index (κ1) is 10.1. The van der Waals surface area contributed by atoms with E-state index in [0.29, 0.717) is 5.16 Å². The van der Waals surface area contributed by atoms with Gasteiger partial charge in [-0.1, -0.05) is 41.4 Å². The highest BCUT2D eigenvalue weighted by atomic mass is 35.5. The van der Waals surface area contributed by atoms with Crippen molar-refractivity contribution in [3.63, 3.8) is 0 Å². The minimum absolute atomic E-state index is 0.273. The number of alkyl halides is 1. The number of fused-ring (bicyclic) bond motifs is 3. The lowest BCUT2D eigenvalue weighted by Gasteiger charge is -2.19. The summed E-state index contributed by atoms with van der Waals surface area (Å²) >= 11 is 12.3. The van der Waals surface area contributed by atoms with Gasteiger partial charge in [-0.3, -0.25) is 0 Å². The van der Waals surface area contributed by atoms with Crippen molar-refractivity contribution in [2.45, 2.75) is 5.50 Å². The largest absolute Gasteiger partial charge is 0.355 e. The Bertz CT molecular complexity index is 598. The van der Waals surface area contributed by atoms with Gasteiger partial charge in [0.1, 0.15) is 10.7 Å². The Kier molecular flexibility index (Phi) is 2.16. The van der Waals surface area contributed by atoms with E-state index in [0.717, 1.165) is 11.3 Å². The Morgan fingerprint density at radius 3 is 2.88 bits per heavy atom. The van der Waals surface area contributed by atoms with Crippen LogP contribution in [0.1, 0.15) is 16.8 Å². The van der Waals surface area contributed by atoms with Crippen LogP contribution in [0.2, 0.25) is 0 Å². The number of para-hydroxylation sites is 1. The van der Waals surface area contributed by atoms with Crippen LogP contribution in [0.4, 0.5) is 0 Å². The number of halogens is 2. The summed E-state index contributed by atoms with van der Waals surface area (Å²) in [7, 11) is 2.02. The Morgan fingerprint density at radius 2 is 2.06 bits per heavy atom. The normalized spacial score (nSPS) is 19.2. The smallest absolute Gasteiger partial charge is 0.143 e. The van der Waals surface area contributed by atoms with E-state index in [9.17, 15) is 0 Å². The molecule has 1 aromatic heterocycles.